The topological polar surface area (TPSA) is 43.6 Å². The third kappa shape index (κ3) is 3.50. The van der Waals surface area contributed by atoms with E-state index in [1.165, 1.54) is 16.2 Å². The first kappa shape index (κ1) is 18.9. The number of fused-ring (bicyclic) bond motifs is 2. The van der Waals surface area contributed by atoms with Crippen molar-refractivity contribution in [2.24, 2.45) is 10.9 Å². The van der Waals surface area contributed by atoms with Crippen molar-refractivity contribution in [2.75, 3.05) is 12.9 Å². The van der Waals surface area contributed by atoms with Crippen LogP contribution in [0.3, 0.4) is 0 Å². The molecule has 0 spiro atoms. The summed E-state index contributed by atoms with van der Waals surface area (Å²) < 4.78 is 8.62. The summed E-state index contributed by atoms with van der Waals surface area (Å²) in [4.78, 5) is 20.2. The van der Waals surface area contributed by atoms with Crippen LogP contribution in [-0.2, 0) is 4.74 Å². The van der Waals surface area contributed by atoms with Crippen LogP contribution in [0, 0.1) is 5.92 Å². The largest absolute Gasteiger partial charge is 0.356 e. The van der Waals surface area contributed by atoms with Crippen LogP contribution in [0.4, 0.5) is 0 Å². The van der Waals surface area contributed by atoms with E-state index in [0.29, 0.717) is 0 Å². The molecule has 2 aliphatic heterocycles. The number of nitrogens with zero attached hydrogens (tertiary/aromatic N) is 2. The summed E-state index contributed by atoms with van der Waals surface area (Å²) in [7, 11) is 0. The first-order chi connectivity index (χ1) is 14.2. The highest BCUT2D eigenvalue weighted by Gasteiger charge is 2.39. The van der Waals surface area contributed by atoms with Crippen molar-refractivity contribution in [3.05, 3.63) is 85.4 Å². The van der Waals surface area contributed by atoms with E-state index in [2.05, 4.69) is 42.7 Å². The van der Waals surface area contributed by atoms with Crippen molar-refractivity contribution >= 4 is 29.2 Å². The molecule has 0 amide bonds. The normalized spacial score (nSPS) is 23.9. The molecular weight excluding hydrogens is 400 g/mol. The van der Waals surface area contributed by atoms with Gasteiger partial charge in [0.15, 0.2) is 11.0 Å². The smallest absolute Gasteiger partial charge is 0.270 e. The molecule has 6 heteroatoms. The maximum atomic E-state index is 13.4. The molecule has 3 unspecified atom stereocenters. The van der Waals surface area contributed by atoms with E-state index in [1.807, 2.05) is 28.8 Å². The molecule has 29 heavy (non-hydrogen) atoms. The monoisotopic (exact) mass is 422 g/mol. The van der Waals surface area contributed by atoms with Gasteiger partial charge >= 0.3 is 0 Å². The van der Waals surface area contributed by atoms with Crippen molar-refractivity contribution in [3.63, 3.8) is 0 Å². The fraction of sp³-hybridized carbons (Fsp3) is 0.304. The van der Waals surface area contributed by atoms with Crippen LogP contribution in [-0.4, -0.2) is 23.7 Å². The summed E-state index contributed by atoms with van der Waals surface area (Å²) in [6, 6.07) is 18.6. The van der Waals surface area contributed by atoms with Gasteiger partial charge in [-0.2, -0.15) is 0 Å². The number of thiazole rings is 1. The number of thioether (sulfide) groups is 1. The first-order valence-electron chi connectivity index (χ1n) is 9.86. The number of hydrogen-bond donors (Lipinski definition) is 0. The van der Waals surface area contributed by atoms with Gasteiger partial charge in [0.05, 0.1) is 10.6 Å². The SMILES string of the molecule is CSc1ccc(/C=c2\sc3n(c2=O)C(c2ccccc2)C2CCCOC2N=3)cc1. The Bertz CT molecular complexity index is 1180. The molecule has 4 nitrogen and oxygen atoms in total. The second-order valence-electron chi connectivity index (χ2n) is 7.39. The third-order valence-electron chi connectivity index (χ3n) is 5.65. The Morgan fingerprint density at radius 3 is 2.72 bits per heavy atom. The van der Waals surface area contributed by atoms with Gasteiger partial charge in [0.1, 0.15) is 0 Å². The number of ether oxygens (including phenoxy) is 1. The summed E-state index contributed by atoms with van der Waals surface area (Å²) in [5.74, 6) is 0.194. The Labute approximate surface area is 177 Å². The zero-order valence-corrected chi connectivity index (χ0v) is 17.8. The summed E-state index contributed by atoms with van der Waals surface area (Å²) in [6.45, 7) is 0.739. The minimum absolute atomic E-state index is 0.0289. The van der Waals surface area contributed by atoms with Gasteiger partial charge in [-0.25, -0.2) is 4.99 Å². The van der Waals surface area contributed by atoms with E-state index in [-0.39, 0.29) is 23.7 Å². The lowest BCUT2D eigenvalue weighted by Gasteiger charge is -2.38. The van der Waals surface area contributed by atoms with Crippen LogP contribution in [0.5, 0.6) is 0 Å². The highest BCUT2D eigenvalue weighted by molar-refractivity contribution is 7.98. The molecule has 3 atom stereocenters. The van der Waals surface area contributed by atoms with E-state index >= 15 is 0 Å². The minimum Gasteiger partial charge on any atom is -0.356 e. The van der Waals surface area contributed by atoms with Crippen LogP contribution in [0.15, 0.2) is 69.3 Å². The molecule has 2 aromatic carbocycles. The van der Waals surface area contributed by atoms with Gasteiger partial charge in [0.25, 0.3) is 5.56 Å². The van der Waals surface area contributed by atoms with Crippen LogP contribution in [0.2, 0.25) is 0 Å². The number of benzene rings is 2. The molecule has 0 bridgehead atoms. The van der Waals surface area contributed by atoms with E-state index in [0.717, 1.165) is 39.9 Å². The molecule has 0 aliphatic carbocycles. The number of aromatic nitrogens is 1. The van der Waals surface area contributed by atoms with Gasteiger partial charge in [0, 0.05) is 17.4 Å². The van der Waals surface area contributed by atoms with Gasteiger partial charge in [-0.1, -0.05) is 53.8 Å². The second-order valence-corrected chi connectivity index (χ2v) is 9.28. The molecule has 0 radical (unpaired) electrons. The molecule has 3 heterocycles. The fourth-order valence-corrected chi connectivity index (χ4v) is 5.69. The molecular formula is C23H22N2O2S2. The zero-order valence-electron chi connectivity index (χ0n) is 16.2. The maximum Gasteiger partial charge on any atom is 0.270 e. The zero-order chi connectivity index (χ0) is 19.8. The fourth-order valence-electron chi connectivity index (χ4n) is 4.26. The summed E-state index contributed by atoms with van der Waals surface area (Å²) in [5.41, 5.74) is 2.23. The van der Waals surface area contributed by atoms with Crippen LogP contribution in [0.1, 0.15) is 30.0 Å². The van der Waals surface area contributed by atoms with Crippen molar-refractivity contribution in [3.8, 4) is 0 Å². The van der Waals surface area contributed by atoms with Crippen LogP contribution in [0.25, 0.3) is 6.08 Å². The van der Waals surface area contributed by atoms with Gasteiger partial charge in [-0.3, -0.25) is 9.36 Å². The van der Waals surface area contributed by atoms with Gasteiger partial charge in [-0.05, 0) is 48.4 Å². The summed E-state index contributed by atoms with van der Waals surface area (Å²) in [5, 5.41) is 0. The van der Waals surface area contributed by atoms with Crippen molar-refractivity contribution in [1.29, 1.82) is 0 Å². The minimum atomic E-state index is -0.166. The average molecular weight is 423 g/mol. The lowest BCUT2D eigenvalue weighted by atomic mass is 9.85. The second kappa shape index (κ2) is 7.94. The van der Waals surface area contributed by atoms with E-state index in [9.17, 15) is 4.79 Å². The molecule has 0 saturated carbocycles. The molecule has 148 valence electrons. The summed E-state index contributed by atoms with van der Waals surface area (Å²) in [6.07, 6.45) is 5.90. The van der Waals surface area contributed by atoms with E-state index in [4.69, 9.17) is 9.73 Å². The molecule has 2 aliphatic rings. The van der Waals surface area contributed by atoms with E-state index in [1.54, 1.807) is 11.8 Å². The molecule has 1 saturated heterocycles. The highest BCUT2D eigenvalue weighted by Crippen LogP contribution is 2.36. The van der Waals surface area contributed by atoms with Crippen molar-refractivity contribution in [2.45, 2.75) is 30.0 Å². The molecule has 0 N–H and O–H groups in total. The average Bonchev–Trinajstić information content (AvgIpc) is 3.08. The predicted octanol–water partition coefficient (Wildman–Crippen LogP) is 3.44. The Morgan fingerprint density at radius 1 is 1.17 bits per heavy atom. The number of hydrogen-bond acceptors (Lipinski definition) is 5. The van der Waals surface area contributed by atoms with Gasteiger partial charge in [-0.15, -0.1) is 11.8 Å². The summed E-state index contributed by atoms with van der Waals surface area (Å²) >= 11 is 3.18. The Balaban J connectivity index is 1.67. The lowest BCUT2D eigenvalue weighted by molar-refractivity contribution is -0.0436. The van der Waals surface area contributed by atoms with Crippen LogP contribution < -0.4 is 14.9 Å². The first-order valence-corrected chi connectivity index (χ1v) is 11.9. The van der Waals surface area contributed by atoms with Gasteiger partial charge in [0.2, 0.25) is 0 Å². The Kier molecular flexibility index (Phi) is 5.16. The maximum absolute atomic E-state index is 13.4. The van der Waals surface area contributed by atoms with Gasteiger partial charge < -0.3 is 4.74 Å². The number of rotatable bonds is 3. The lowest BCUT2D eigenvalue weighted by Crippen LogP contribution is -2.47. The van der Waals surface area contributed by atoms with Crippen LogP contribution >= 0.6 is 23.1 Å². The Morgan fingerprint density at radius 2 is 1.97 bits per heavy atom. The molecule has 3 aromatic rings. The van der Waals surface area contributed by atoms with Crippen molar-refractivity contribution in [1.82, 2.24) is 4.57 Å². The van der Waals surface area contributed by atoms with E-state index < -0.39 is 0 Å². The molecule has 1 aromatic heterocycles. The quantitative estimate of drug-likeness (QED) is 0.608. The molecule has 5 rings (SSSR count). The third-order valence-corrected chi connectivity index (χ3v) is 7.39. The van der Waals surface area contributed by atoms with Crippen molar-refractivity contribution < 1.29 is 4.74 Å². The predicted molar refractivity (Wildman–Crippen MR) is 118 cm³/mol. The molecule has 1 fully saturated rings. The highest BCUT2D eigenvalue weighted by atomic mass is 32.2. The Hall–Kier alpha value is -2.15. The standard InChI is InChI=1S/C23H22N2O2S2/c1-28-17-11-9-15(10-12-17)14-19-22(26)25-20(16-6-3-2-4-7-16)18-8-5-13-27-21(18)24-23(25)29-19/h2-4,6-7,9-12,14,18,20-21H,5,8,13H2,1H3/b19-14-.